The molecule has 0 aliphatic carbocycles. The van der Waals surface area contributed by atoms with Crippen LogP contribution in [0.2, 0.25) is 0 Å². The van der Waals surface area contributed by atoms with E-state index in [1.54, 1.807) is 6.20 Å². The molecule has 1 N–H and O–H groups in total. The van der Waals surface area contributed by atoms with Crippen LogP contribution in [0.15, 0.2) is 30.5 Å². The van der Waals surface area contributed by atoms with Gasteiger partial charge in [0.1, 0.15) is 0 Å². The first-order chi connectivity index (χ1) is 5.92. The number of aromatic amines is 1. The van der Waals surface area contributed by atoms with Gasteiger partial charge in [0.25, 0.3) is 0 Å². The number of carbonyl (C=O) groups excluding carboxylic acids is 1. The molecule has 1 heterocycles. The Kier molecular flexibility index (Phi) is 4.32. The normalized spacial score (nSPS) is 9.23. The zero-order chi connectivity index (χ0) is 8.39. The number of ether oxygens (including phenoxy) is 1. The van der Waals surface area contributed by atoms with Crippen LogP contribution < -0.4 is 62.9 Å². The van der Waals surface area contributed by atoms with E-state index in [4.69, 9.17) is 0 Å². The number of H-pyrrole nitrogens is 1. The van der Waals surface area contributed by atoms with Crippen LogP contribution in [0, 0.1) is 0 Å². The summed E-state index contributed by atoms with van der Waals surface area (Å²) in [5, 5.41) is 0.890. The Balaban J connectivity index is 0.000000845. The monoisotopic (exact) mass is 245 g/mol. The molecule has 0 atom stereocenters. The van der Waals surface area contributed by atoms with Gasteiger partial charge in [-0.2, -0.15) is 0 Å². The number of para-hydroxylation sites is 1. The molecule has 0 saturated heterocycles. The maximum absolute atomic E-state index is 9.95. The molecule has 60 valence electrons. The molecule has 2 rings (SSSR count). The number of benzene rings is 1. The van der Waals surface area contributed by atoms with Gasteiger partial charge in [0, 0.05) is 5.52 Å². The molecular formula is C9H6NO2Rb. The topological polar surface area (TPSA) is 42.1 Å². The van der Waals surface area contributed by atoms with Gasteiger partial charge in [-0.05, 0) is 23.4 Å². The van der Waals surface area contributed by atoms with Crippen molar-refractivity contribution in [2.45, 2.75) is 0 Å². The fourth-order valence-corrected chi connectivity index (χ4v) is 1.17. The summed E-state index contributed by atoms with van der Waals surface area (Å²) in [6, 6.07) is 7.58. The van der Waals surface area contributed by atoms with E-state index in [1.807, 2.05) is 24.3 Å². The van der Waals surface area contributed by atoms with Crippen LogP contribution in [-0.2, 0) is 4.79 Å². The third-order valence-corrected chi connectivity index (χ3v) is 1.70. The molecule has 0 radical (unpaired) electrons. The number of hydrogen-bond acceptors (Lipinski definition) is 2. The van der Waals surface area contributed by atoms with Crippen molar-refractivity contribution < 1.29 is 67.7 Å². The first-order valence-corrected chi connectivity index (χ1v) is 3.52. The quantitative estimate of drug-likeness (QED) is 0.663. The molecule has 13 heavy (non-hydrogen) atoms. The second-order valence-electron chi connectivity index (χ2n) is 2.38. The standard InChI is InChI=1S/C9H6NO2.Rb/c11-6-12-9-5-10-8-4-2-1-3-7(8)9;/h1-5,10H;/q-1;+1. The summed E-state index contributed by atoms with van der Waals surface area (Å²) in [6.45, 7) is 1.39. The molecule has 4 heteroatoms. The number of nitrogens with one attached hydrogen (secondary N) is 1. The van der Waals surface area contributed by atoms with Crippen LogP contribution in [-0.4, -0.2) is 11.5 Å². The van der Waals surface area contributed by atoms with Crippen molar-refractivity contribution in [3.63, 3.8) is 0 Å². The van der Waals surface area contributed by atoms with Gasteiger partial charge in [-0.3, -0.25) is 0 Å². The summed E-state index contributed by atoms with van der Waals surface area (Å²) < 4.78 is 4.62. The van der Waals surface area contributed by atoms with Gasteiger partial charge in [-0.15, -0.1) is 0 Å². The van der Waals surface area contributed by atoms with Crippen molar-refractivity contribution >= 4 is 17.4 Å². The molecule has 0 fully saturated rings. The second kappa shape index (κ2) is 5.05. The van der Waals surface area contributed by atoms with Crippen LogP contribution in [0.5, 0.6) is 5.75 Å². The van der Waals surface area contributed by atoms with Crippen LogP contribution >= 0.6 is 0 Å². The van der Waals surface area contributed by atoms with E-state index in [2.05, 4.69) is 9.72 Å². The van der Waals surface area contributed by atoms with Crippen LogP contribution in [0.1, 0.15) is 0 Å². The van der Waals surface area contributed by atoms with E-state index in [1.165, 1.54) is 6.47 Å². The molecule has 0 unspecified atom stereocenters. The molecule has 0 saturated carbocycles. The van der Waals surface area contributed by atoms with Crippen LogP contribution in [0.3, 0.4) is 0 Å². The fourth-order valence-electron chi connectivity index (χ4n) is 1.17. The van der Waals surface area contributed by atoms with Gasteiger partial charge >= 0.3 is 58.2 Å². The minimum Gasteiger partial charge on any atom is -0.608 e. The number of fused-ring (bicyclic) bond motifs is 1. The first-order valence-electron chi connectivity index (χ1n) is 3.52. The van der Waals surface area contributed by atoms with Gasteiger partial charge in [-0.1, -0.05) is 18.2 Å². The second-order valence-corrected chi connectivity index (χ2v) is 2.38. The Hall–Kier alpha value is 0.0352. The van der Waals surface area contributed by atoms with Crippen molar-refractivity contribution in [3.05, 3.63) is 30.5 Å². The summed E-state index contributed by atoms with van der Waals surface area (Å²) >= 11 is 0. The summed E-state index contributed by atoms with van der Waals surface area (Å²) in [6.07, 6.45) is 1.63. The predicted octanol–water partition coefficient (Wildman–Crippen LogP) is -1.38. The Morgan fingerprint density at radius 3 is 2.85 bits per heavy atom. The average Bonchev–Trinajstić information content (AvgIpc) is 2.50. The Labute approximate surface area is 124 Å². The van der Waals surface area contributed by atoms with Gasteiger partial charge < -0.3 is 14.5 Å². The summed E-state index contributed by atoms with van der Waals surface area (Å²) in [7, 11) is 0. The minimum absolute atomic E-state index is 0. The van der Waals surface area contributed by atoms with E-state index in [-0.39, 0.29) is 58.2 Å². The number of aromatic nitrogens is 1. The molecule has 3 nitrogen and oxygen atoms in total. The molecule has 0 amide bonds. The maximum Gasteiger partial charge on any atom is 1.00 e. The average molecular weight is 246 g/mol. The zero-order valence-corrected chi connectivity index (χ0v) is 12.1. The van der Waals surface area contributed by atoms with E-state index in [0.717, 1.165) is 10.9 Å². The minimum atomic E-state index is 0. The van der Waals surface area contributed by atoms with E-state index < -0.39 is 0 Å². The van der Waals surface area contributed by atoms with Crippen molar-refractivity contribution in [2.75, 3.05) is 0 Å². The van der Waals surface area contributed by atoms with Crippen LogP contribution in [0.25, 0.3) is 10.9 Å². The summed E-state index contributed by atoms with van der Waals surface area (Å²) in [5.74, 6) is 0.514. The Bertz CT molecular complexity index is 411. The van der Waals surface area contributed by atoms with Gasteiger partial charge in [0.15, 0.2) is 6.47 Å². The van der Waals surface area contributed by atoms with Crippen molar-refractivity contribution in [2.24, 2.45) is 0 Å². The largest absolute Gasteiger partial charge is 1.00 e. The van der Waals surface area contributed by atoms with Crippen molar-refractivity contribution in [1.29, 1.82) is 0 Å². The molecule has 0 aliphatic heterocycles. The Morgan fingerprint density at radius 1 is 1.31 bits per heavy atom. The molecule has 1 aromatic heterocycles. The molecular weight excluding hydrogens is 240 g/mol. The molecule has 0 spiro atoms. The molecule has 0 aliphatic rings. The van der Waals surface area contributed by atoms with Gasteiger partial charge in [0.2, 0.25) is 0 Å². The smallest absolute Gasteiger partial charge is 0.608 e. The fraction of sp³-hybridized carbons (Fsp3) is 0. The van der Waals surface area contributed by atoms with E-state index >= 15 is 0 Å². The van der Waals surface area contributed by atoms with Crippen LogP contribution in [0.4, 0.5) is 0 Å². The number of rotatable bonds is 2. The number of hydrogen-bond donors (Lipinski definition) is 1. The van der Waals surface area contributed by atoms with E-state index in [9.17, 15) is 4.79 Å². The SMILES string of the molecule is O=[C-]Oc1c[nH]c2ccccc12.[Rb+]. The zero-order valence-electron chi connectivity index (χ0n) is 7.20. The van der Waals surface area contributed by atoms with Gasteiger partial charge in [0.05, 0.1) is 0 Å². The van der Waals surface area contributed by atoms with Gasteiger partial charge in [-0.25, -0.2) is 0 Å². The summed E-state index contributed by atoms with van der Waals surface area (Å²) in [5.41, 5.74) is 0.947. The molecule has 0 bridgehead atoms. The third kappa shape index (κ3) is 2.28. The summed E-state index contributed by atoms with van der Waals surface area (Å²) in [4.78, 5) is 12.9. The predicted molar refractivity (Wildman–Crippen MR) is 44.6 cm³/mol. The van der Waals surface area contributed by atoms with Crippen molar-refractivity contribution in [3.8, 4) is 5.75 Å². The van der Waals surface area contributed by atoms with E-state index in [0.29, 0.717) is 5.75 Å². The Morgan fingerprint density at radius 2 is 2.08 bits per heavy atom. The maximum atomic E-state index is 9.95. The molecule has 1 aromatic carbocycles. The third-order valence-electron chi connectivity index (χ3n) is 1.70. The first kappa shape index (κ1) is 11.1. The molecule has 2 aromatic rings. The van der Waals surface area contributed by atoms with Crippen molar-refractivity contribution in [1.82, 2.24) is 4.98 Å².